The lowest BCUT2D eigenvalue weighted by Crippen LogP contribution is -3.00. The summed E-state index contributed by atoms with van der Waals surface area (Å²) < 4.78 is 4.19. The fraction of sp³-hybridized carbons (Fsp3) is 0.625. The van der Waals surface area contributed by atoms with Crippen molar-refractivity contribution in [1.82, 2.24) is 4.57 Å². The molecule has 0 fully saturated rings. The predicted octanol–water partition coefficient (Wildman–Crippen LogP) is -2.82. The summed E-state index contributed by atoms with van der Waals surface area (Å²) in [5.41, 5.74) is 0. The lowest BCUT2D eigenvalue weighted by atomic mass is 10.4. The maximum absolute atomic E-state index is 8.57. The van der Waals surface area contributed by atoms with E-state index in [4.69, 9.17) is 5.11 Å². The molecule has 1 rings (SSSR count). The number of aryl methyl sites for hydroxylation is 2. The normalized spacial score (nSPS) is 9.50. The molecule has 12 heavy (non-hydrogen) atoms. The van der Waals surface area contributed by atoms with E-state index in [2.05, 4.69) is 22.4 Å². The summed E-state index contributed by atoms with van der Waals surface area (Å²) in [4.78, 5) is 0. The van der Waals surface area contributed by atoms with Crippen LogP contribution in [0.3, 0.4) is 0 Å². The fourth-order valence-electron chi connectivity index (χ4n) is 1.01. The Morgan fingerprint density at radius 2 is 2.25 bits per heavy atom. The van der Waals surface area contributed by atoms with Gasteiger partial charge in [-0.15, -0.1) is 0 Å². The third kappa shape index (κ3) is 3.24. The zero-order valence-corrected chi connectivity index (χ0v) is 8.04. The van der Waals surface area contributed by atoms with E-state index in [0.29, 0.717) is 0 Å². The van der Waals surface area contributed by atoms with Gasteiger partial charge in [0.25, 0.3) is 0 Å². The highest BCUT2D eigenvalue weighted by Gasteiger charge is 1.99. The Morgan fingerprint density at radius 3 is 2.75 bits per heavy atom. The number of hydrogen-bond donors (Lipinski definition) is 1. The van der Waals surface area contributed by atoms with Gasteiger partial charge in [-0.3, -0.25) is 0 Å². The van der Waals surface area contributed by atoms with Gasteiger partial charge in [-0.25, -0.2) is 9.13 Å². The second-order valence-electron chi connectivity index (χ2n) is 2.56. The highest BCUT2D eigenvalue weighted by Crippen LogP contribution is 1.84. The van der Waals surface area contributed by atoms with E-state index in [-0.39, 0.29) is 19.0 Å². The van der Waals surface area contributed by atoms with Crippen molar-refractivity contribution >= 4 is 0 Å². The van der Waals surface area contributed by atoms with Crippen molar-refractivity contribution in [2.75, 3.05) is 6.61 Å². The standard InChI is InChI=1S/C8H15N2O.ClH/c1-2-9-5-6-10(8-9)4-3-7-11;/h5-6,8,11H,2-4,7H2,1H3;1H/q+1;/p-1. The van der Waals surface area contributed by atoms with Gasteiger partial charge in [-0.1, -0.05) is 0 Å². The van der Waals surface area contributed by atoms with Crippen LogP contribution in [-0.4, -0.2) is 16.3 Å². The van der Waals surface area contributed by atoms with Gasteiger partial charge in [0.15, 0.2) is 0 Å². The molecule has 1 aromatic heterocycles. The topological polar surface area (TPSA) is 29.0 Å². The molecule has 0 spiro atoms. The number of aliphatic hydroxyl groups is 1. The van der Waals surface area contributed by atoms with Crippen molar-refractivity contribution in [3.63, 3.8) is 0 Å². The number of rotatable bonds is 4. The summed E-state index contributed by atoms with van der Waals surface area (Å²) in [6.07, 6.45) is 6.95. The molecule has 0 amide bonds. The van der Waals surface area contributed by atoms with Crippen LogP contribution in [0.5, 0.6) is 0 Å². The van der Waals surface area contributed by atoms with E-state index >= 15 is 0 Å². The number of halogens is 1. The van der Waals surface area contributed by atoms with Gasteiger partial charge >= 0.3 is 0 Å². The number of aliphatic hydroxyl groups excluding tert-OH is 1. The quantitative estimate of drug-likeness (QED) is 0.510. The first kappa shape index (κ1) is 11.5. The highest BCUT2D eigenvalue weighted by molar-refractivity contribution is 4.64. The molecular weight excluding hydrogens is 176 g/mol. The van der Waals surface area contributed by atoms with Gasteiger partial charge in [0.1, 0.15) is 12.4 Å². The fourth-order valence-corrected chi connectivity index (χ4v) is 1.01. The maximum Gasteiger partial charge on any atom is 0.243 e. The molecular formula is C8H15ClN2O. The lowest BCUT2D eigenvalue weighted by molar-refractivity contribution is -0.697. The van der Waals surface area contributed by atoms with Crippen molar-refractivity contribution in [3.8, 4) is 0 Å². The first-order valence-corrected chi connectivity index (χ1v) is 4.02. The molecule has 0 aliphatic heterocycles. The zero-order chi connectivity index (χ0) is 8.10. The molecule has 0 radical (unpaired) electrons. The second kappa shape index (κ2) is 6.03. The second-order valence-corrected chi connectivity index (χ2v) is 2.56. The van der Waals surface area contributed by atoms with E-state index in [1.165, 1.54) is 0 Å². The Hall–Kier alpha value is -0.540. The van der Waals surface area contributed by atoms with Crippen molar-refractivity contribution in [1.29, 1.82) is 0 Å². The summed E-state index contributed by atoms with van der Waals surface area (Å²) in [6.45, 7) is 4.29. The molecule has 0 unspecified atom stereocenters. The van der Waals surface area contributed by atoms with Crippen molar-refractivity contribution < 1.29 is 22.1 Å². The monoisotopic (exact) mass is 190 g/mol. The zero-order valence-electron chi connectivity index (χ0n) is 7.28. The highest BCUT2D eigenvalue weighted by atomic mass is 35.5. The SMILES string of the molecule is CCn1cc[n+](CCCO)c1.[Cl-]. The van der Waals surface area contributed by atoms with Crippen LogP contribution in [0.4, 0.5) is 0 Å². The molecule has 1 N–H and O–H groups in total. The first-order valence-electron chi connectivity index (χ1n) is 4.02. The van der Waals surface area contributed by atoms with E-state index in [1.807, 2.05) is 12.4 Å². The Morgan fingerprint density at radius 1 is 1.50 bits per heavy atom. The van der Waals surface area contributed by atoms with Crippen molar-refractivity contribution in [3.05, 3.63) is 18.7 Å². The van der Waals surface area contributed by atoms with Crippen LogP contribution in [0.25, 0.3) is 0 Å². The average Bonchev–Trinajstić information content (AvgIpc) is 2.48. The molecule has 4 heteroatoms. The molecule has 0 saturated carbocycles. The Labute approximate surface area is 79.1 Å². The minimum atomic E-state index is 0. The Kier molecular flexibility index (Phi) is 5.76. The summed E-state index contributed by atoms with van der Waals surface area (Å²) in [7, 11) is 0. The molecule has 0 aliphatic rings. The van der Waals surface area contributed by atoms with Crippen LogP contribution in [0, 0.1) is 0 Å². The van der Waals surface area contributed by atoms with Gasteiger partial charge in [0, 0.05) is 13.0 Å². The predicted molar refractivity (Wildman–Crippen MR) is 42.0 cm³/mol. The smallest absolute Gasteiger partial charge is 0.243 e. The van der Waals surface area contributed by atoms with Crippen LogP contribution in [-0.2, 0) is 13.1 Å². The summed E-state index contributed by atoms with van der Waals surface area (Å²) in [5, 5.41) is 8.57. The van der Waals surface area contributed by atoms with E-state index < -0.39 is 0 Å². The number of imidazole rings is 1. The van der Waals surface area contributed by atoms with Gasteiger partial charge < -0.3 is 17.5 Å². The van der Waals surface area contributed by atoms with E-state index in [1.54, 1.807) is 0 Å². The summed E-state index contributed by atoms with van der Waals surface area (Å²) >= 11 is 0. The molecule has 0 atom stereocenters. The maximum atomic E-state index is 8.57. The van der Waals surface area contributed by atoms with Gasteiger partial charge in [-0.2, -0.15) is 0 Å². The molecule has 70 valence electrons. The number of aromatic nitrogens is 2. The Bertz CT molecular complexity index is 213. The number of nitrogens with zero attached hydrogens (tertiary/aromatic N) is 2. The van der Waals surface area contributed by atoms with Gasteiger partial charge in [0.05, 0.1) is 13.1 Å². The first-order chi connectivity index (χ1) is 5.36. The van der Waals surface area contributed by atoms with Crippen molar-refractivity contribution in [2.24, 2.45) is 0 Å². The minimum Gasteiger partial charge on any atom is -1.00 e. The van der Waals surface area contributed by atoms with Crippen LogP contribution < -0.4 is 17.0 Å². The van der Waals surface area contributed by atoms with Crippen molar-refractivity contribution in [2.45, 2.75) is 26.4 Å². The molecule has 1 heterocycles. The number of hydrogen-bond acceptors (Lipinski definition) is 1. The third-order valence-corrected chi connectivity index (χ3v) is 1.69. The summed E-state index contributed by atoms with van der Waals surface area (Å²) in [5.74, 6) is 0. The molecule has 0 saturated heterocycles. The molecule has 1 aromatic rings. The van der Waals surface area contributed by atoms with Crippen LogP contribution >= 0.6 is 0 Å². The molecule has 0 bridgehead atoms. The van der Waals surface area contributed by atoms with Crippen LogP contribution in [0.15, 0.2) is 18.7 Å². The van der Waals surface area contributed by atoms with Crippen LogP contribution in [0.1, 0.15) is 13.3 Å². The average molecular weight is 191 g/mol. The van der Waals surface area contributed by atoms with E-state index in [9.17, 15) is 0 Å². The molecule has 3 nitrogen and oxygen atoms in total. The summed E-state index contributed by atoms with van der Waals surface area (Å²) in [6, 6.07) is 0. The lowest BCUT2D eigenvalue weighted by Gasteiger charge is -1.91. The molecule has 0 aliphatic carbocycles. The molecule has 0 aromatic carbocycles. The minimum absolute atomic E-state index is 0. The van der Waals surface area contributed by atoms with Crippen LogP contribution in [0.2, 0.25) is 0 Å². The van der Waals surface area contributed by atoms with Gasteiger partial charge in [0.2, 0.25) is 6.33 Å². The van der Waals surface area contributed by atoms with Gasteiger partial charge in [-0.05, 0) is 6.92 Å². The van der Waals surface area contributed by atoms with E-state index in [0.717, 1.165) is 19.5 Å². The largest absolute Gasteiger partial charge is 1.00 e. The third-order valence-electron chi connectivity index (χ3n) is 1.69. The Balaban J connectivity index is 0.00000121.